The maximum absolute atomic E-state index is 11.1. The first kappa shape index (κ1) is 13.5. The number of nitrogens with two attached hydrogens (primary N) is 1. The number of fused-ring (bicyclic) bond motifs is 1. The van der Waals surface area contributed by atoms with Gasteiger partial charge in [-0.1, -0.05) is 42.5 Å². The number of hydrogen-bond donors (Lipinski definition) is 2. The average molecular weight is 252 g/mol. The number of benzene rings is 2. The number of hydrogen-bond acceptors (Lipinski definition) is 2. The summed E-state index contributed by atoms with van der Waals surface area (Å²) >= 11 is 0. The summed E-state index contributed by atoms with van der Waals surface area (Å²) in [4.78, 5) is 11.1. The van der Waals surface area contributed by atoms with Crippen molar-refractivity contribution in [1.82, 2.24) is 0 Å². The lowest BCUT2D eigenvalue weighted by molar-refractivity contribution is -0.138. The van der Waals surface area contributed by atoms with E-state index in [4.69, 9.17) is 10.8 Å². The molecule has 4 heteroatoms. The van der Waals surface area contributed by atoms with E-state index in [1.54, 1.807) is 0 Å². The number of aliphatic carboxylic acids is 1. The van der Waals surface area contributed by atoms with Gasteiger partial charge in [-0.05, 0) is 16.3 Å². The molecule has 3 nitrogen and oxygen atoms in total. The van der Waals surface area contributed by atoms with E-state index < -0.39 is 11.9 Å². The van der Waals surface area contributed by atoms with Crippen molar-refractivity contribution in [2.45, 2.75) is 5.92 Å². The monoisotopic (exact) mass is 251 g/mol. The normalized spacial score (nSPS) is 11.8. The van der Waals surface area contributed by atoms with Gasteiger partial charge in [-0.25, -0.2) is 0 Å². The molecular formula is C13H14ClNO2. The van der Waals surface area contributed by atoms with Crippen molar-refractivity contribution in [1.29, 1.82) is 0 Å². The molecule has 2 aromatic carbocycles. The van der Waals surface area contributed by atoms with E-state index in [0.29, 0.717) is 0 Å². The van der Waals surface area contributed by atoms with Crippen LogP contribution in [0.5, 0.6) is 0 Å². The molecule has 1 unspecified atom stereocenters. The van der Waals surface area contributed by atoms with Crippen LogP contribution in [0, 0.1) is 0 Å². The van der Waals surface area contributed by atoms with Crippen LogP contribution in [0.4, 0.5) is 0 Å². The summed E-state index contributed by atoms with van der Waals surface area (Å²) in [6.45, 7) is 0.114. The summed E-state index contributed by atoms with van der Waals surface area (Å²) < 4.78 is 0. The first-order valence-electron chi connectivity index (χ1n) is 5.14. The minimum Gasteiger partial charge on any atom is -0.481 e. The SMILES string of the molecule is Cl.NCC(C(=O)O)c1cccc2ccccc12. The molecule has 17 heavy (non-hydrogen) atoms. The third-order valence-corrected chi connectivity index (χ3v) is 2.73. The molecule has 2 aromatic rings. The maximum Gasteiger partial charge on any atom is 0.312 e. The molecule has 0 amide bonds. The Labute approximate surface area is 106 Å². The van der Waals surface area contributed by atoms with Gasteiger partial charge >= 0.3 is 5.97 Å². The molecule has 0 fully saturated rings. The Balaban J connectivity index is 0.00000144. The Morgan fingerprint density at radius 3 is 2.47 bits per heavy atom. The highest BCUT2D eigenvalue weighted by Crippen LogP contribution is 2.25. The fourth-order valence-corrected chi connectivity index (χ4v) is 1.92. The van der Waals surface area contributed by atoms with Crippen LogP contribution in [0.25, 0.3) is 10.8 Å². The quantitative estimate of drug-likeness (QED) is 0.880. The highest BCUT2D eigenvalue weighted by atomic mass is 35.5. The van der Waals surface area contributed by atoms with Crippen LogP contribution in [0.15, 0.2) is 42.5 Å². The second kappa shape index (κ2) is 5.66. The van der Waals surface area contributed by atoms with Gasteiger partial charge in [0.05, 0.1) is 5.92 Å². The van der Waals surface area contributed by atoms with Gasteiger partial charge in [-0.15, -0.1) is 12.4 Å². The van der Waals surface area contributed by atoms with Crippen LogP contribution >= 0.6 is 12.4 Å². The van der Waals surface area contributed by atoms with E-state index in [1.165, 1.54) is 0 Å². The van der Waals surface area contributed by atoms with E-state index >= 15 is 0 Å². The Kier molecular flexibility index (Phi) is 4.49. The molecule has 1 atom stereocenters. The Morgan fingerprint density at radius 2 is 1.82 bits per heavy atom. The lowest BCUT2D eigenvalue weighted by Gasteiger charge is -2.12. The molecule has 0 heterocycles. The molecule has 0 aliphatic rings. The van der Waals surface area contributed by atoms with Gasteiger partial charge in [0.2, 0.25) is 0 Å². The third-order valence-electron chi connectivity index (χ3n) is 2.73. The zero-order valence-electron chi connectivity index (χ0n) is 9.17. The third kappa shape index (κ3) is 2.57. The number of carbonyl (C=O) groups is 1. The summed E-state index contributed by atoms with van der Waals surface area (Å²) in [6, 6.07) is 13.4. The molecule has 0 aliphatic carbocycles. The van der Waals surface area contributed by atoms with Crippen LogP contribution in [-0.2, 0) is 4.79 Å². The summed E-state index contributed by atoms with van der Waals surface area (Å²) in [6.07, 6.45) is 0. The van der Waals surface area contributed by atoms with E-state index in [2.05, 4.69) is 0 Å². The van der Waals surface area contributed by atoms with Gasteiger partial charge in [0.25, 0.3) is 0 Å². The van der Waals surface area contributed by atoms with E-state index in [9.17, 15) is 4.79 Å². The van der Waals surface area contributed by atoms with Gasteiger partial charge in [0, 0.05) is 6.54 Å². The molecule has 0 aliphatic heterocycles. The Bertz CT molecular complexity index is 522. The zero-order valence-corrected chi connectivity index (χ0v) is 9.98. The van der Waals surface area contributed by atoms with Crippen molar-refractivity contribution in [2.24, 2.45) is 5.73 Å². The van der Waals surface area contributed by atoms with Gasteiger partial charge in [-0.2, -0.15) is 0 Å². The van der Waals surface area contributed by atoms with Crippen molar-refractivity contribution in [3.8, 4) is 0 Å². The molecule has 0 saturated heterocycles. The summed E-state index contributed by atoms with van der Waals surface area (Å²) in [5.41, 5.74) is 6.30. The smallest absolute Gasteiger partial charge is 0.312 e. The van der Waals surface area contributed by atoms with Gasteiger partial charge < -0.3 is 10.8 Å². The summed E-state index contributed by atoms with van der Waals surface area (Å²) in [5.74, 6) is -1.51. The molecule has 2 rings (SSSR count). The standard InChI is InChI=1S/C13H13NO2.ClH/c14-8-12(13(15)16)11-7-3-5-9-4-1-2-6-10(9)11;/h1-7,12H,8,14H2,(H,15,16);1H. The van der Waals surface area contributed by atoms with Crippen molar-refractivity contribution in [2.75, 3.05) is 6.54 Å². The largest absolute Gasteiger partial charge is 0.481 e. The van der Waals surface area contributed by atoms with Crippen molar-refractivity contribution in [3.05, 3.63) is 48.0 Å². The Hall–Kier alpha value is -1.58. The lowest BCUT2D eigenvalue weighted by Crippen LogP contribution is -2.21. The first-order chi connectivity index (χ1) is 7.74. The number of halogens is 1. The van der Waals surface area contributed by atoms with Crippen LogP contribution < -0.4 is 5.73 Å². The van der Waals surface area contributed by atoms with Crippen LogP contribution in [-0.4, -0.2) is 17.6 Å². The van der Waals surface area contributed by atoms with E-state index in [1.807, 2.05) is 42.5 Å². The van der Waals surface area contributed by atoms with Crippen LogP contribution in [0.2, 0.25) is 0 Å². The number of carboxylic acid groups (broad SMARTS) is 1. The lowest BCUT2D eigenvalue weighted by atomic mass is 9.93. The molecule has 0 aromatic heterocycles. The highest BCUT2D eigenvalue weighted by Gasteiger charge is 2.19. The van der Waals surface area contributed by atoms with Gasteiger partial charge in [0.15, 0.2) is 0 Å². The summed E-state index contributed by atoms with van der Waals surface area (Å²) in [7, 11) is 0. The molecule has 90 valence electrons. The van der Waals surface area contributed by atoms with E-state index in [0.717, 1.165) is 16.3 Å². The van der Waals surface area contributed by atoms with Crippen LogP contribution in [0.3, 0.4) is 0 Å². The second-order valence-corrected chi connectivity index (χ2v) is 3.69. The average Bonchev–Trinajstić information content (AvgIpc) is 2.30. The van der Waals surface area contributed by atoms with Crippen molar-refractivity contribution in [3.63, 3.8) is 0 Å². The number of carboxylic acids is 1. The van der Waals surface area contributed by atoms with Gasteiger partial charge in [-0.3, -0.25) is 4.79 Å². The molecule has 0 spiro atoms. The van der Waals surface area contributed by atoms with Crippen LogP contribution in [0.1, 0.15) is 11.5 Å². The van der Waals surface area contributed by atoms with Crippen molar-refractivity contribution < 1.29 is 9.90 Å². The minimum atomic E-state index is -0.876. The molecule has 0 bridgehead atoms. The van der Waals surface area contributed by atoms with Crippen molar-refractivity contribution >= 4 is 29.1 Å². The molecule has 3 N–H and O–H groups in total. The minimum absolute atomic E-state index is 0. The zero-order chi connectivity index (χ0) is 11.5. The molecule has 0 radical (unpaired) electrons. The first-order valence-corrected chi connectivity index (χ1v) is 5.14. The topological polar surface area (TPSA) is 63.3 Å². The fraction of sp³-hybridized carbons (Fsp3) is 0.154. The molecule has 0 saturated carbocycles. The Morgan fingerprint density at radius 1 is 1.18 bits per heavy atom. The predicted octanol–water partition coefficient (Wildman–Crippen LogP) is 2.39. The van der Waals surface area contributed by atoms with E-state index in [-0.39, 0.29) is 19.0 Å². The predicted molar refractivity (Wildman–Crippen MR) is 70.6 cm³/mol. The fourth-order valence-electron chi connectivity index (χ4n) is 1.92. The maximum atomic E-state index is 11.1. The molecular weight excluding hydrogens is 238 g/mol. The second-order valence-electron chi connectivity index (χ2n) is 3.69. The van der Waals surface area contributed by atoms with Gasteiger partial charge in [0.1, 0.15) is 0 Å². The number of rotatable bonds is 3. The highest BCUT2D eigenvalue weighted by molar-refractivity contribution is 5.90. The summed E-state index contributed by atoms with van der Waals surface area (Å²) in [5, 5.41) is 11.1.